The summed E-state index contributed by atoms with van der Waals surface area (Å²) in [5.74, 6) is 1.62. The molecule has 0 heterocycles. The van der Waals surface area contributed by atoms with Crippen LogP contribution in [0.25, 0.3) is 0 Å². The minimum atomic E-state index is -4.77. The van der Waals surface area contributed by atoms with Gasteiger partial charge in [-0.25, -0.2) is 0 Å². The van der Waals surface area contributed by atoms with Crippen molar-refractivity contribution < 1.29 is 23.0 Å². The Hall–Kier alpha value is -2.05. The second-order valence-corrected chi connectivity index (χ2v) is 7.84. The van der Waals surface area contributed by atoms with Crippen LogP contribution in [-0.2, 0) is 6.42 Å². The van der Waals surface area contributed by atoms with Gasteiger partial charge in [0.05, 0.1) is 0 Å². The van der Waals surface area contributed by atoms with E-state index >= 15 is 0 Å². The van der Waals surface area contributed by atoms with Crippen LogP contribution in [0.5, 0.6) is 11.5 Å². The Morgan fingerprint density at radius 2 is 1.71 bits per heavy atom. The Balaban J connectivity index is 1.75. The first kappa shape index (κ1) is 20.7. The molecule has 28 heavy (non-hydrogen) atoms. The molecule has 0 bridgehead atoms. The highest BCUT2D eigenvalue weighted by Crippen LogP contribution is 2.35. The molecule has 2 N–H and O–H groups in total. The lowest BCUT2D eigenvalue weighted by molar-refractivity contribution is -0.272. The van der Waals surface area contributed by atoms with Crippen LogP contribution in [0.2, 0.25) is 0 Å². The van der Waals surface area contributed by atoms with Crippen molar-refractivity contribution in [2.24, 2.45) is 5.92 Å². The molecule has 1 atom stereocenters. The highest BCUT2D eigenvalue weighted by Gasteiger charge is 2.54. The Bertz CT molecular complexity index is 802. The molecule has 0 spiro atoms. The van der Waals surface area contributed by atoms with Crippen molar-refractivity contribution in [3.8, 4) is 11.5 Å². The van der Waals surface area contributed by atoms with Gasteiger partial charge in [0.15, 0.2) is 0 Å². The molecular weight excluding hydrogens is 367 g/mol. The third-order valence-corrected chi connectivity index (χ3v) is 4.97. The third kappa shape index (κ3) is 5.26. The number of hydrogen-bond donors (Lipinski definition) is 2. The van der Waals surface area contributed by atoms with Gasteiger partial charge in [-0.05, 0) is 60.1 Å². The van der Waals surface area contributed by atoms with Gasteiger partial charge in [0.2, 0.25) is 5.72 Å². The van der Waals surface area contributed by atoms with Crippen molar-refractivity contribution in [3.05, 3.63) is 59.7 Å². The Labute approximate surface area is 163 Å². The van der Waals surface area contributed by atoms with E-state index in [-0.39, 0.29) is 12.5 Å². The summed E-state index contributed by atoms with van der Waals surface area (Å²) in [7, 11) is 0. The summed E-state index contributed by atoms with van der Waals surface area (Å²) in [5, 5.41) is 12.6. The molecule has 3 nitrogen and oxygen atoms in total. The minimum absolute atomic E-state index is 0.161. The van der Waals surface area contributed by atoms with Crippen molar-refractivity contribution >= 4 is 0 Å². The number of ether oxygens (including phenoxy) is 1. The smallest absolute Gasteiger partial charge is 0.431 e. The average molecular weight is 393 g/mol. The van der Waals surface area contributed by atoms with E-state index in [1.807, 2.05) is 24.3 Å². The number of nitrogens with one attached hydrogen (secondary N) is 1. The van der Waals surface area contributed by atoms with Crippen LogP contribution in [0.15, 0.2) is 48.5 Å². The number of aliphatic hydroxyl groups is 1. The fourth-order valence-electron chi connectivity index (χ4n) is 2.99. The minimum Gasteiger partial charge on any atom is -0.457 e. The number of halogens is 3. The second kappa shape index (κ2) is 8.13. The van der Waals surface area contributed by atoms with E-state index in [2.05, 4.69) is 19.2 Å². The molecule has 2 aromatic carbocycles. The lowest BCUT2D eigenvalue weighted by Gasteiger charge is -2.32. The monoisotopic (exact) mass is 393 g/mol. The van der Waals surface area contributed by atoms with E-state index in [0.717, 1.165) is 18.4 Å². The molecule has 0 saturated heterocycles. The van der Waals surface area contributed by atoms with E-state index in [0.29, 0.717) is 23.0 Å². The zero-order chi connectivity index (χ0) is 20.4. The van der Waals surface area contributed by atoms with Crippen molar-refractivity contribution in [1.29, 1.82) is 0 Å². The van der Waals surface area contributed by atoms with Crippen molar-refractivity contribution in [2.75, 3.05) is 6.54 Å². The lowest BCUT2D eigenvalue weighted by Crippen LogP contribution is -2.59. The summed E-state index contributed by atoms with van der Waals surface area (Å²) in [6, 6.07) is 14.0. The quantitative estimate of drug-likeness (QED) is 0.591. The standard InChI is InChI=1S/C22H26F3NO2/c1-15(2)18-6-4-8-20(12-18)28-19-7-3-5-17(11-19)13-21(27,22(23,24)25)26-14-16-9-10-16/h3-8,11-12,15-16,26-27H,9-10,13-14H2,1-2H3. The third-order valence-electron chi connectivity index (χ3n) is 4.97. The molecule has 0 amide bonds. The topological polar surface area (TPSA) is 41.5 Å². The molecule has 1 fully saturated rings. The first-order chi connectivity index (χ1) is 13.2. The molecule has 0 aliphatic heterocycles. The molecular formula is C22H26F3NO2. The molecule has 1 unspecified atom stereocenters. The van der Waals surface area contributed by atoms with Gasteiger partial charge in [-0.3, -0.25) is 5.32 Å². The van der Waals surface area contributed by atoms with Crippen LogP contribution >= 0.6 is 0 Å². The van der Waals surface area contributed by atoms with Crippen molar-refractivity contribution in [2.45, 2.75) is 50.9 Å². The zero-order valence-electron chi connectivity index (χ0n) is 16.1. The van der Waals surface area contributed by atoms with Gasteiger partial charge in [0.1, 0.15) is 11.5 Å². The van der Waals surface area contributed by atoms with Gasteiger partial charge < -0.3 is 9.84 Å². The summed E-state index contributed by atoms with van der Waals surface area (Å²) in [6.45, 7) is 4.31. The van der Waals surface area contributed by atoms with Crippen molar-refractivity contribution in [3.63, 3.8) is 0 Å². The number of rotatable bonds is 8. The zero-order valence-corrected chi connectivity index (χ0v) is 16.1. The van der Waals surface area contributed by atoms with Gasteiger partial charge in [-0.15, -0.1) is 0 Å². The first-order valence-corrected chi connectivity index (χ1v) is 9.57. The molecule has 1 aliphatic rings. The highest BCUT2D eigenvalue weighted by atomic mass is 19.4. The maximum absolute atomic E-state index is 13.5. The maximum Gasteiger partial charge on any atom is 0.431 e. The van der Waals surface area contributed by atoms with Gasteiger partial charge in [-0.2, -0.15) is 13.2 Å². The summed E-state index contributed by atoms with van der Waals surface area (Å²) < 4.78 is 46.3. The van der Waals surface area contributed by atoms with E-state index < -0.39 is 18.3 Å². The summed E-state index contributed by atoms with van der Waals surface area (Å²) in [4.78, 5) is 0. The summed E-state index contributed by atoms with van der Waals surface area (Å²) in [5.41, 5.74) is -1.49. The maximum atomic E-state index is 13.5. The summed E-state index contributed by atoms with van der Waals surface area (Å²) >= 11 is 0. The molecule has 3 rings (SSSR count). The predicted octanol–water partition coefficient (Wildman–Crippen LogP) is 5.40. The lowest BCUT2D eigenvalue weighted by atomic mass is 10.0. The second-order valence-electron chi connectivity index (χ2n) is 7.84. The molecule has 1 saturated carbocycles. The molecule has 152 valence electrons. The van der Waals surface area contributed by atoms with E-state index in [4.69, 9.17) is 4.74 Å². The Morgan fingerprint density at radius 1 is 1.07 bits per heavy atom. The number of benzene rings is 2. The van der Waals surface area contributed by atoms with Crippen LogP contribution < -0.4 is 10.1 Å². The van der Waals surface area contributed by atoms with Crippen LogP contribution in [0, 0.1) is 5.92 Å². The molecule has 0 aromatic heterocycles. The fraction of sp³-hybridized carbons (Fsp3) is 0.455. The molecule has 2 aromatic rings. The Kier molecular flexibility index (Phi) is 6.01. The first-order valence-electron chi connectivity index (χ1n) is 9.57. The van der Waals surface area contributed by atoms with Crippen LogP contribution in [0.1, 0.15) is 43.7 Å². The molecule has 1 aliphatic carbocycles. The van der Waals surface area contributed by atoms with E-state index in [1.54, 1.807) is 18.2 Å². The molecule has 0 radical (unpaired) electrons. The summed E-state index contributed by atoms with van der Waals surface area (Å²) in [6.07, 6.45) is -3.55. The van der Waals surface area contributed by atoms with E-state index in [9.17, 15) is 18.3 Å². The Morgan fingerprint density at radius 3 is 2.32 bits per heavy atom. The predicted molar refractivity (Wildman–Crippen MR) is 102 cm³/mol. The van der Waals surface area contributed by atoms with Crippen LogP contribution in [0.4, 0.5) is 13.2 Å². The largest absolute Gasteiger partial charge is 0.457 e. The van der Waals surface area contributed by atoms with E-state index in [1.165, 1.54) is 6.07 Å². The van der Waals surface area contributed by atoms with Crippen LogP contribution in [-0.4, -0.2) is 23.6 Å². The molecule has 6 heteroatoms. The van der Waals surface area contributed by atoms with Gasteiger partial charge in [0, 0.05) is 13.0 Å². The number of alkyl halides is 3. The van der Waals surface area contributed by atoms with Gasteiger partial charge >= 0.3 is 6.18 Å². The van der Waals surface area contributed by atoms with Crippen LogP contribution in [0.3, 0.4) is 0 Å². The van der Waals surface area contributed by atoms with Crippen molar-refractivity contribution in [1.82, 2.24) is 5.32 Å². The van der Waals surface area contributed by atoms with Gasteiger partial charge in [0.25, 0.3) is 0 Å². The number of hydrogen-bond acceptors (Lipinski definition) is 3. The highest BCUT2D eigenvalue weighted by molar-refractivity contribution is 5.37. The average Bonchev–Trinajstić information content (AvgIpc) is 3.44. The van der Waals surface area contributed by atoms with Gasteiger partial charge in [-0.1, -0.05) is 38.1 Å². The fourth-order valence-corrected chi connectivity index (χ4v) is 2.99. The SMILES string of the molecule is CC(C)c1cccc(Oc2cccc(CC(O)(NCC3CC3)C(F)(F)F)c2)c1. The normalized spacial score (nSPS) is 16.8.